The highest BCUT2D eigenvalue weighted by Crippen LogP contribution is 2.31. The van der Waals surface area contributed by atoms with Crippen molar-refractivity contribution < 1.29 is 4.79 Å². The lowest BCUT2D eigenvalue weighted by atomic mass is 9.94. The minimum atomic E-state index is -0.138. The zero-order valence-corrected chi connectivity index (χ0v) is 15.3. The number of nitrogens with zero attached hydrogens (tertiary/aromatic N) is 3. The quantitative estimate of drug-likeness (QED) is 0.880. The molecule has 1 aromatic heterocycles. The van der Waals surface area contributed by atoms with Crippen LogP contribution in [0.1, 0.15) is 32.3 Å². The molecule has 3 atom stereocenters. The second-order valence-corrected chi connectivity index (χ2v) is 7.34. The molecule has 0 saturated carbocycles. The average molecular weight is 351 g/mol. The predicted molar refractivity (Wildman–Crippen MR) is 103 cm³/mol. The first kappa shape index (κ1) is 18.2. The third-order valence-electron chi connectivity index (χ3n) is 4.74. The predicted octanol–water partition coefficient (Wildman–Crippen LogP) is 2.17. The molecule has 0 bridgehead atoms. The fourth-order valence-corrected chi connectivity index (χ4v) is 3.76. The molecule has 1 aliphatic heterocycles. The summed E-state index contributed by atoms with van der Waals surface area (Å²) < 4.78 is 0. The highest BCUT2D eigenvalue weighted by atomic mass is 16.1. The molecule has 0 unspecified atom stereocenters. The van der Waals surface area contributed by atoms with Gasteiger partial charge in [0.1, 0.15) is 6.07 Å². The van der Waals surface area contributed by atoms with Crippen LogP contribution in [0.5, 0.6) is 0 Å². The molecule has 1 fully saturated rings. The van der Waals surface area contributed by atoms with Gasteiger partial charge in [-0.2, -0.15) is 5.26 Å². The molecule has 0 radical (unpaired) electrons. The van der Waals surface area contributed by atoms with Crippen LogP contribution in [0.4, 0.5) is 5.69 Å². The maximum atomic E-state index is 12.1. The Bertz CT molecular complexity index is 842. The highest BCUT2D eigenvalue weighted by Gasteiger charge is 2.27. The van der Waals surface area contributed by atoms with E-state index in [4.69, 9.17) is 5.73 Å². The van der Waals surface area contributed by atoms with E-state index in [1.54, 1.807) is 6.20 Å². The second-order valence-electron chi connectivity index (χ2n) is 7.34. The highest BCUT2D eigenvalue weighted by molar-refractivity contribution is 5.95. The standard InChI is InChI=1S/C20H25N5O/c1-13-8-16(24-19(26)9-14(2)22)12-25(11-13)18-6-5-15(10-21)20-17(18)4-3-7-23-20/h3-7,13-14,16H,8-9,11-12,22H2,1-2H3,(H,24,26)/t13-,14+,16+/m0/s1. The number of hydrogen-bond donors (Lipinski definition) is 2. The first-order chi connectivity index (χ1) is 12.5. The van der Waals surface area contributed by atoms with Crippen LogP contribution in [0.3, 0.4) is 0 Å². The van der Waals surface area contributed by atoms with Crippen LogP contribution in [0.25, 0.3) is 10.9 Å². The van der Waals surface area contributed by atoms with Crippen molar-refractivity contribution in [2.75, 3.05) is 18.0 Å². The average Bonchev–Trinajstić information content (AvgIpc) is 2.59. The third kappa shape index (κ3) is 3.94. The molecule has 1 aliphatic rings. The van der Waals surface area contributed by atoms with Gasteiger partial charge in [0.25, 0.3) is 0 Å². The summed E-state index contributed by atoms with van der Waals surface area (Å²) in [4.78, 5) is 18.8. The zero-order chi connectivity index (χ0) is 18.7. The van der Waals surface area contributed by atoms with Crippen LogP contribution in [0.2, 0.25) is 0 Å². The van der Waals surface area contributed by atoms with Gasteiger partial charge in [0, 0.05) is 48.9 Å². The number of benzene rings is 1. The van der Waals surface area contributed by atoms with E-state index in [1.807, 2.05) is 31.2 Å². The van der Waals surface area contributed by atoms with Crippen molar-refractivity contribution >= 4 is 22.5 Å². The van der Waals surface area contributed by atoms with Gasteiger partial charge in [-0.15, -0.1) is 0 Å². The first-order valence-electron chi connectivity index (χ1n) is 9.05. The van der Waals surface area contributed by atoms with Crippen LogP contribution >= 0.6 is 0 Å². The molecular weight excluding hydrogens is 326 g/mol. The van der Waals surface area contributed by atoms with Crippen molar-refractivity contribution in [3.63, 3.8) is 0 Å². The molecule has 2 aromatic rings. The number of rotatable bonds is 4. The Morgan fingerprint density at radius 2 is 2.27 bits per heavy atom. The van der Waals surface area contributed by atoms with E-state index >= 15 is 0 Å². The monoisotopic (exact) mass is 351 g/mol. The van der Waals surface area contributed by atoms with E-state index < -0.39 is 0 Å². The van der Waals surface area contributed by atoms with Gasteiger partial charge >= 0.3 is 0 Å². The summed E-state index contributed by atoms with van der Waals surface area (Å²) in [6, 6.07) is 9.87. The molecule has 3 N–H and O–H groups in total. The number of anilines is 1. The van der Waals surface area contributed by atoms with E-state index in [0.717, 1.165) is 36.1 Å². The zero-order valence-electron chi connectivity index (χ0n) is 15.3. The molecule has 6 heteroatoms. The normalized spacial score (nSPS) is 21.2. The number of hydrogen-bond acceptors (Lipinski definition) is 5. The van der Waals surface area contributed by atoms with E-state index in [-0.39, 0.29) is 18.0 Å². The first-order valence-corrected chi connectivity index (χ1v) is 9.05. The van der Waals surface area contributed by atoms with Crippen LogP contribution in [-0.4, -0.2) is 36.1 Å². The molecule has 26 heavy (non-hydrogen) atoms. The van der Waals surface area contributed by atoms with Crippen molar-refractivity contribution in [1.82, 2.24) is 10.3 Å². The van der Waals surface area contributed by atoms with Crippen LogP contribution in [0.15, 0.2) is 30.5 Å². The molecule has 1 amide bonds. The number of fused-ring (bicyclic) bond motifs is 1. The van der Waals surface area contributed by atoms with E-state index in [2.05, 4.69) is 28.2 Å². The van der Waals surface area contributed by atoms with Crippen molar-refractivity contribution in [3.05, 3.63) is 36.0 Å². The van der Waals surface area contributed by atoms with E-state index in [0.29, 0.717) is 17.9 Å². The van der Waals surface area contributed by atoms with Gasteiger partial charge in [0.2, 0.25) is 5.91 Å². The molecule has 0 spiro atoms. The lowest BCUT2D eigenvalue weighted by Crippen LogP contribution is -2.51. The fraction of sp³-hybridized carbons (Fsp3) is 0.450. The molecule has 136 valence electrons. The lowest BCUT2D eigenvalue weighted by molar-refractivity contribution is -0.122. The SMILES string of the molecule is C[C@H]1C[C@@H](NC(=O)C[C@@H](C)N)CN(c2ccc(C#N)c3ncccc23)C1. The fourth-order valence-electron chi connectivity index (χ4n) is 3.76. The summed E-state index contributed by atoms with van der Waals surface area (Å²) in [5.41, 5.74) is 8.09. The van der Waals surface area contributed by atoms with Gasteiger partial charge in [-0.25, -0.2) is 0 Å². The molecule has 1 saturated heterocycles. The summed E-state index contributed by atoms with van der Waals surface area (Å²) in [6.45, 7) is 5.69. The third-order valence-corrected chi connectivity index (χ3v) is 4.74. The summed E-state index contributed by atoms with van der Waals surface area (Å²) in [5, 5.41) is 13.4. The Labute approximate surface area is 154 Å². The van der Waals surface area contributed by atoms with Gasteiger partial charge < -0.3 is 16.0 Å². The van der Waals surface area contributed by atoms with Gasteiger partial charge in [0.15, 0.2) is 0 Å². The van der Waals surface area contributed by atoms with Crippen molar-refractivity contribution in [3.8, 4) is 6.07 Å². The topological polar surface area (TPSA) is 95.0 Å². The lowest BCUT2D eigenvalue weighted by Gasteiger charge is -2.38. The van der Waals surface area contributed by atoms with Crippen molar-refractivity contribution in [2.45, 2.75) is 38.8 Å². The summed E-state index contributed by atoms with van der Waals surface area (Å²) in [7, 11) is 0. The molecular formula is C20H25N5O. The Morgan fingerprint density at radius 1 is 1.46 bits per heavy atom. The number of nitriles is 1. The number of carbonyl (C=O) groups is 1. The maximum absolute atomic E-state index is 12.1. The number of amides is 1. The second kappa shape index (κ2) is 7.71. The largest absolute Gasteiger partial charge is 0.369 e. The smallest absolute Gasteiger partial charge is 0.221 e. The number of carbonyl (C=O) groups excluding carboxylic acids is 1. The molecule has 6 nitrogen and oxygen atoms in total. The van der Waals surface area contributed by atoms with Gasteiger partial charge in [-0.05, 0) is 43.5 Å². The Morgan fingerprint density at radius 3 is 3.00 bits per heavy atom. The number of aromatic nitrogens is 1. The number of pyridine rings is 1. The Kier molecular flexibility index (Phi) is 5.38. The van der Waals surface area contributed by atoms with Crippen LogP contribution in [0, 0.1) is 17.2 Å². The maximum Gasteiger partial charge on any atom is 0.221 e. The van der Waals surface area contributed by atoms with Crippen LogP contribution in [-0.2, 0) is 4.79 Å². The molecule has 3 rings (SSSR count). The van der Waals surface area contributed by atoms with E-state index in [1.165, 1.54) is 0 Å². The number of nitrogens with two attached hydrogens (primary N) is 1. The molecule has 0 aliphatic carbocycles. The van der Waals surface area contributed by atoms with Gasteiger partial charge in [-0.3, -0.25) is 9.78 Å². The van der Waals surface area contributed by atoms with Gasteiger partial charge in [0.05, 0.1) is 11.1 Å². The minimum absolute atomic E-state index is 0.00500. The summed E-state index contributed by atoms with van der Waals surface area (Å²) >= 11 is 0. The Hall–Kier alpha value is -2.65. The van der Waals surface area contributed by atoms with Crippen molar-refractivity contribution in [1.29, 1.82) is 5.26 Å². The van der Waals surface area contributed by atoms with E-state index in [9.17, 15) is 10.1 Å². The minimum Gasteiger partial charge on any atom is -0.369 e. The number of nitrogens with one attached hydrogen (secondary N) is 1. The summed E-state index contributed by atoms with van der Waals surface area (Å²) in [5.74, 6) is 0.456. The molecule has 1 aromatic carbocycles. The molecule has 2 heterocycles. The van der Waals surface area contributed by atoms with Crippen LogP contribution < -0.4 is 16.0 Å². The van der Waals surface area contributed by atoms with Crippen molar-refractivity contribution in [2.24, 2.45) is 11.7 Å². The number of piperidine rings is 1. The van der Waals surface area contributed by atoms with Gasteiger partial charge in [-0.1, -0.05) is 6.92 Å². The Balaban J connectivity index is 1.86. The summed E-state index contributed by atoms with van der Waals surface area (Å²) in [6.07, 6.45) is 3.01.